The number of carbonyl (C=O) groups is 1. The fourth-order valence-electron chi connectivity index (χ4n) is 2.94. The van der Waals surface area contributed by atoms with Gasteiger partial charge in [0.05, 0.1) is 12.1 Å². The van der Waals surface area contributed by atoms with Gasteiger partial charge in [-0.05, 0) is 24.6 Å². The van der Waals surface area contributed by atoms with Crippen molar-refractivity contribution in [2.75, 3.05) is 5.32 Å². The van der Waals surface area contributed by atoms with Crippen molar-refractivity contribution in [2.45, 2.75) is 13.3 Å². The average molecular weight is 368 g/mol. The number of fused-ring (bicyclic) bond motifs is 2. The van der Waals surface area contributed by atoms with Crippen LogP contribution in [-0.2, 0) is 25.3 Å². The molecule has 138 valence electrons. The van der Waals surface area contributed by atoms with E-state index in [0.717, 1.165) is 10.1 Å². The predicted molar refractivity (Wildman–Crippen MR) is 97.7 cm³/mol. The van der Waals surface area contributed by atoms with Gasteiger partial charge in [-0.3, -0.25) is 29.1 Å². The molecule has 3 heterocycles. The van der Waals surface area contributed by atoms with Crippen LogP contribution < -0.4 is 16.6 Å². The van der Waals surface area contributed by atoms with Gasteiger partial charge in [0.2, 0.25) is 5.91 Å². The molecule has 10 heteroatoms. The minimum absolute atomic E-state index is 0.0701. The summed E-state index contributed by atoms with van der Waals surface area (Å²) < 4.78 is 7.77. The second kappa shape index (κ2) is 5.94. The molecule has 2 N–H and O–H groups in total. The quantitative estimate of drug-likeness (QED) is 0.545. The first-order chi connectivity index (χ1) is 12.8. The lowest BCUT2D eigenvalue weighted by atomic mass is 10.2. The minimum Gasteiger partial charge on any atom is -0.423 e. The normalized spacial score (nSPS) is 11.4. The highest BCUT2D eigenvalue weighted by Crippen LogP contribution is 2.20. The molecule has 0 aliphatic heterocycles. The summed E-state index contributed by atoms with van der Waals surface area (Å²) in [5.74, 6) is -0.442. The summed E-state index contributed by atoms with van der Waals surface area (Å²) in [6.45, 7) is 1.93. The maximum absolute atomic E-state index is 12.4. The number of aromatic amines is 1. The third kappa shape index (κ3) is 2.71. The average Bonchev–Trinajstić information content (AvgIpc) is 3.21. The number of aryl methyl sites for hydroxylation is 2. The maximum atomic E-state index is 12.4. The number of aromatic nitrogens is 5. The van der Waals surface area contributed by atoms with Gasteiger partial charge in [-0.15, -0.1) is 0 Å². The van der Waals surface area contributed by atoms with Gasteiger partial charge in [0.25, 0.3) is 5.56 Å². The van der Waals surface area contributed by atoms with Crippen molar-refractivity contribution in [1.29, 1.82) is 0 Å². The summed E-state index contributed by atoms with van der Waals surface area (Å²) in [6.07, 6.45) is -0.175. The first-order valence-corrected chi connectivity index (χ1v) is 8.15. The molecule has 0 saturated carbocycles. The molecule has 27 heavy (non-hydrogen) atoms. The lowest BCUT2D eigenvalue weighted by molar-refractivity contribution is -0.115. The van der Waals surface area contributed by atoms with Crippen molar-refractivity contribution >= 4 is 34.1 Å². The lowest BCUT2D eigenvalue weighted by Gasteiger charge is -2.03. The zero-order chi connectivity index (χ0) is 19.3. The fraction of sp³-hybridized carbons (Fsp3) is 0.235. The monoisotopic (exact) mass is 368 g/mol. The van der Waals surface area contributed by atoms with Crippen LogP contribution in [-0.4, -0.2) is 30.2 Å². The fourth-order valence-corrected chi connectivity index (χ4v) is 2.94. The molecule has 0 radical (unpaired) electrons. The SMILES string of the molecule is Cc1ccc2nc(NC(=O)Cc3n[nH]c4c3c(=O)n(C)c(=O)n4C)oc2c1. The molecule has 0 fully saturated rings. The standard InChI is InChI=1S/C17H16N6O4/c1-8-4-5-9-11(6-8)27-16(18-9)19-12(24)7-10-13-14(21-20-10)22(2)17(26)23(3)15(13)25/h4-6H,7H2,1-3H3,(H,20,21)(H,18,19,24). The van der Waals surface area contributed by atoms with Gasteiger partial charge < -0.3 is 4.42 Å². The summed E-state index contributed by atoms with van der Waals surface area (Å²) in [5, 5.41) is 9.43. The van der Waals surface area contributed by atoms with E-state index in [9.17, 15) is 14.4 Å². The van der Waals surface area contributed by atoms with Crippen LogP contribution in [0.3, 0.4) is 0 Å². The van der Waals surface area contributed by atoms with E-state index >= 15 is 0 Å². The highest BCUT2D eigenvalue weighted by atomic mass is 16.4. The van der Waals surface area contributed by atoms with E-state index in [1.165, 1.54) is 18.7 Å². The molecule has 0 spiro atoms. The van der Waals surface area contributed by atoms with Gasteiger partial charge >= 0.3 is 11.7 Å². The number of hydrogen-bond acceptors (Lipinski definition) is 6. The van der Waals surface area contributed by atoms with Gasteiger partial charge in [-0.25, -0.2) is 4.79 Å². The van der Waals surface area contributed by atoms with Crippen LogP contribution in [0.15, 0.2) is 32.2 Å². The molecular weight excluding hydrogens is 352 g/mol. The molecule has 0 aliphatic carbocycles. The largest absolute Gasteiger partial charge is 0.423 e. The minimum atomic E-state index is -0.512. The Labute approximate surface area is 151 Å². The Balaban J connectivity index is 1.64. The number of rotatable bonds is 3. The van der Waals surface area contributed by atoms with Crippen molar-refractivity contribution in [2.24, 2.45) is 14.1 Å². The molecule has 1 aromatic carbocycles. The predicted octanol–water partition coefficient (Wildman–Crippen LogP) is 0.591. The van der Waals surface area contributed by atoms with Crippen LogP contribution in [0, 0.1) is 6.92 Å². The summed E-state index contributed by atoms with van der Waals surface area (Å²) >= 11 is 0. The van der Waals surface area contributed by atoms with Gasteiger partial charge in [-0.2, -0.15) is 10.1 Å². The van der Waals surface area contributed by atoms with Crippen LogP contribution in [0.25, 0.3) is 22.1 Å². The molecule has 0 unspecified atom stereocenters. The highest BCUT2D eigenvalue weighted by Gasteiger charge is 2.19. The van der Waals surface area contributed by atoms with E-state index in [4.69, 9.17) is 4.42 Å². The first-order valence-electron chi connectivity index (χ1n) is 8.15. The lowest BCUT2D eigenvalue weighted by Crippen LogP contribution is -2.37. The van der Waals surface area contributed by atoms with E-state index in [1.54, 1.807) is 6.07 Å². The summed E-state index contributed by atoms with van der Waals surface area (Å²) in [6, 6.07) is 5.59. The molecule has 0 saturated heterocycles. The topological polar surface area (TPSA) is 128 Å². The Morgan fingerprint density at radius 1 is 1.26 bits per heavy atom. The number of hydrogen-bond donors (Lipinski definition) is 2. The van der Waals surface area contributed by atoms with Gasteiger partial charge in [0.1, 0.15) is 16.6 Å². The van der Waals surface area contributed by atoms with E-state index < -0.39 is 17.2 Å². The molecule has 3 aromatic heterocycles. The molecule has 0 bridgehead atoms. The molecular formula is C17H16N6O4. The molecule has 4 rings (SSSR count). The Kier molecular flexibility index (Phi) is 3.69. The second-order valence-electron chi connectivity index (χ2n) is 6.31. The number of nitrogens with one attached hydrogen (secondary N) is 2. The number of nitrogens with zero attached hydrogens (tertiary/aromatic N) is 4. The van der Waals surface area contributed by atoms with Crippen molar-refractivity contribution in [3.05, 3.63) is 50.3 Å². The Morgan fingerprint density at radius 3 is 2.81 bits per heavy atom. The Morgan fingerprint density at radius 2 is 2.04 bits per heavy atom. The summed E-state index contributed by atoms with van der Waals surface area (Å²) in [4.78, 5) is 40.9. The number of amides is 1. The number of benzene rings is 1. The van der Waals surface area contributed by atoms with Crippen molar-refractivity contribution in [3.8, 4) is 0 Å². The van der Waals surface area contributed by atoms with E-state index in [1.807, 2.05) is 19.1 Å². The third-order valence-corrected chi connectivity index (χ3v) is 4.37. The number of H-pyrrole nitrogens is 1. The van der Waals surface area contributed by atoms with Gasteiger partial charge in [0.15, 0.2) is 5.58 Å². The summed E-state index contributed by atoms with van der Waals surface area (Å²) in [7, 11) is 2.90. The van der Waals surface area contributed by atoms with Gasteiger partial charge in [-0.1, -0.05) is 6.07 Å². The van der Waals surface area contributed by atoms with Crippen molar-refractivity contribution in [3.63, 3.8) is 0 Å². The zero-order valence-electron chi connectivity index (χ0n) is 14.9. The number of oxazole rings is 1. The van der Waals surface area contributed by atoms with Crippen LogP contribution in [0.5, 0.6) is 0 Å². The molecule has 0 aliphatic rings. The van der Waals surface area contributed by atoms with Crippen molar-refractivity contribution < 1.29 is 9.21 Å². The molecule has 10 nitrogen and oxygen atoms in total. The van der Waals surface area contributed by atoms with E-state index in [2.05, 4.69) is 20.5 Å². The Hall–Kier alpha value is -3.69. The van der Waals surface area contributed by atoms with Crippen LogP contribution in [0.1, 0.15) is 11.3 Å². The van der Waals surface area contributed by atoms with Crippen LogP contribution in [0.4, 0.5) is 6.01 Å². The maximum Gasteiger partial charge on any atom is 0.332 e. The number of anilines is 1. The molecule has 0 atom stereocenters. The van der Waals surface area contributed by atoms with E-state index in [-0.39, 0.29) is 29.2 Å². The van der Waals surface area contributed by atoms with Gasteiger partial charge in [0, 0.05) is 14.1 Å². The second-order valence-corrected chi connectivity index (χ2v) is 6.31. The molecule has 1 amide bonds. The Bertz CT molecular complexity index is 1320. The van der Waals surface area contributed by atoms with Crippen LogP contribution in [0.2, 0.25) is 0 Å². The summed E-state index contributed by atoms with van der Waals surface area (Å²) in [5.41, 5.74) is 1.73. The third-order valence-electron chi connectivity index (χ3n) is 4.37. The van der Waals surface area contributed by atoms with E-state index in [0.29, 0.717) is 11.1 Å². The molecule has 4 aromatic rings. The number of carbonyl (C=O) groups excluding carboxylic acids is 1. The van der Waals surface area contributed by atoms with Crippen LogP contribution >= 0.6 is 0 Å². The highest BCUT2D eigenvalue weighted by molar-refractivity contribution is 5.93. The smallest absolute Gasteiger partial charge is 0.332 e. The first kappa shape index (κ1) is 16.8. The zero-order valence-corrected chi connectivity index (χ0v) is 14.9. The van der Waals surface area contributed by atoms with Crippen molar-refractivity contribution in [1.82, 2.24) is 24.3 Å².